The van der Waals surface area contributed by atoms with Gasteiger partial charge in [-0.25, -0.2) is 0 Å². The minimum Gasteiger partial charge on any atom is -0.468 e. The first kappa shape index (κ1) is 14.8. The third kappa shape index (κ3) is 3.50. The highest BCUT2D eigenvalue weighted by molar-refractivity contribution is 5.16. The van der Waals surface area contributed by atoms with Crippen LogP contribution in [0.1, 0.15) is 37.6 Å². The molecule has 2 unspecified atom stereocenters. The molecule has 2 rings (SSSR count). The van der Waals surface area contributed by atoms with Gasteiger partial charge in [0.05, 0.1) is 12.3 Å². The lowest BCUT2D eigenvalue weighted by Gasteiger charge is -2.33. The van der Waals surface area contributed by atoms with Crippen LogP contribution in [-0.2, 0) is 6.54 Å². The van der Waals surface area contributed by atoms with Crippen molar-refractivity contribution in [3.63, 3.8) is 0 Å². The molecule has 0 aliphatic heterocycles. The van der Waals surface area contributed by atoms with Crippen molar-refractivity contribution in [2.45, 2.75) is 38.9 Å². The maximum absolute atomic E-state index is 6.34. The molecule has 3 nitrogen and oxygen atoms in total. The van der Waals surface area contributed by atoms with Crippen LogP contribution >= 0.6 is 0 Å². The molecule has 0 radical (unpaired) electrons. The molecule has 0 saturated carbocycles. The number of nitrogens with zero attached hydrogens (tertiary/aromatic N) is 1. The molecule has 2 atom stereocenters. The molecule has 0 bridgehead atoms. The van der Waals surface area contributed by atoms with Crippen molar-refractivity contribution in [3.8, 4) is 0 Å². The first-order valence-electron chi connectivity index (χ1n) is 7.33. The van der Waals surface area contributed by atoms with E-state index >= 15 is 0 Å². The van der Waals surface area contributed by atoms with Crippen molar-refractivity contribution < 1.29 is 4.42 Å². The Kier molecular flexibility index (Phi) is 5.39. The predicted molar refractivity (Wildman–Crippen MR) is 82.2 cm³/mol. The summed E-state index contributed by atoms with van der Waals surface area (Å²) in [7, 11) is 0. The van der Waals surface area contributed by atoms with Crippen molar-refractivity contribution >= 4 is 0 Å². The second-order valence-corrected chi connectivity index (χ2v) is 5.08. The number of rotatable bonds is 7. The summed E-state index contributed by atoms with van der Waals surface area (Å²) in [6, 6.07) is 14.6. The summed E-state index contributed by atoms with van der Waals surface area (Å²) in [5, 5.41) is 0. The first-order chi connectivity index (χ1) is 9.76. The van der Waals surface area contributed by atoms with Crippen LogP contribution in [-0.4, -0.2) is 17.5 Å². The molecule has 1 aromatic heterocycles. The van der Waals surface area contributed by atoms with Crippen LogP contribution in [0.5, 0.6) is 0 Å². The van der Waals surface area contributed by atoms with Gasteiger partial charge in [0, 0.05) is 12.6 Å². The van der Waals surface area contributed by atoms with Gasteiger partial charge >= 0.3 is 0 Å². The molecule has 0 fully saturated rings. The molecule has 2 aromatic rings. The van der Waals surface area contributed by atoms with E-state index in [-0.39, 0.29) is 12.1 Å². The van der Waals surface area contributed by atoms with Gasteiger partial charge < -0.3 is 10.2 Å². The summed E-state index contributed by atoms with van der Waals surface area (Å²) in [5.74, 6) is 0.956. The van der Waals surface area contributed by atoms with Crippen LogP contribution in [0.4, 0.5) is 0 Å². The lowest BCUT2D eigenvalue weighted by atomic mass is 10.0. The molecule has 0 aliphatic carbocycles. The summed E-state index contributed by atoms with van der Waals surface area (Å²) in [6.45, 7) is 6.11. The van der Waals surface area contributed by atoms with E-state index in [1.54, 1.807) is 6.26 Å². The second kappa shape index (κ2) is 7.27. The zero-order valence-corrected chi connectivity index (χ0v) is 12.3. The van der Waals surface area contributed by atoms with E-state index in [2.05, 4.69) is 43.0 Å². The molecular weight excluding hydrogens is 248 g/mol. The highest BCUT2D eigenvalue weighted by Crippen LogP contribution is 2.27. The lowest BCUT2D eigenvalue weighted by Crippen LogP contribution is -2.40. The summed E-state index contributed by atoms with van der Waals surface area (Å²) >= 11 is 0. The number of hydrogen-bond acceptors (Lipinski definition) is 3. The van der Waals surface area contributed by atoms with Gasteiger partial charge in [-0.1, -0.05) is 44.2 Å². The molecule has 0 spiro atoms. The zero-order chi connectivity index (χ0) is 14.4. The van der Waals surface area contributed by atoms with E-state index in [0.29, 0.717) is 0 Å². The van der Waals surface area contributed by atoms with Gasteiger partial charge in [-0.3, -0.25) is 4.90 Å². The second-order valence-electron chi connectivity index (χ2n) is 5.08. The average molecular weight is 272 g/mol. The maximum atomic E-state index is 6.34. The zero-order valence-electron chi connectivity index (χ0n) is 12.3. The van der Waals surface area contributed by atoms with Crippen LogP contribution in [0.25, 0.3) is 0 Å². The van der Waals surface area contributed by atoms with E-state index in [0.717, 1.165) is 25.3 Å². The Labute approximate surface area is 121 Å². The van der Waals surface area contributed by atoms with Crippen molar-refractivity contribution in [1.29, 1.82) is 0 Å². The predicted octanol–water partition coefficient (Wildman–Crippen LogP) is 3.58. The summed E-state index contributed by atoms with van der Waals surface area (Å²) in [4.78, 5) is 2.38. The summed E-state index contributed by atoms with van der Waals surface area (Å²) < 4.78 is 5.62. The number of nitrogens with two attached hydrogens (primary N) is 1. The van der Waals surface area contributed by atoms with Crippen LogP contribution in [0.2, 0.25) is 0 Å². The minimum absolute atomic E-state index is 0.0739. The van der Waals surface area contributed by atoms with Crippen molar-refractivity contribution in [2.75, 3.05) is 6.54 Å². The van der Waals surface area contributed by atoms with E-state index in [1.165, 1.54) is 5.56 Å². The Morgan fingerprint density at radius 2 is 1.85 bits per heavy atom. The Hall–Kier alpha value is -1.58. The fraction of sp³-hybridized carbons (Fsp3) is 0.412. The smallest absolute Gasteiger partial charge is 0.122 e. The van der Waals surface area contributed by atoms with E-state index in [4.69, 9.17) is 10.2 Å². The van der Waals surface area contributed by atoms with Crippen LogP contribution in [0.3, 0.4) is 0 Å². The van der Waals surface area contributed by atoms with Gasteiger partial charge in [0.2, 0.25) is 0 Å². The van der Waals surface area contributed by atoms with Gasteiger partial charge in [0.1, 0.15) is 5.76 Å². The third-order valence-corrected chi connectivity index (χ3v) is 3.74. The fourth-order valence-electron chi connectivity index (χ4n) is 2.57. The topological polar surface area (TPSA) is 42.4 Å². The molecule has 0 aliphatic rings. The molecule has 1 heterocycles. The molecule has 2 N–H and O–H groups in total. The molecule has 0 amide bonds. The Balaban J connectivity index is 2.21. The van der Waals surface area contributed by atoms with Gasteiger partial charge in [-0.05, 0) is 30.7 Å². The Morgan fingerprint density at radius 3 is 2.40 bits per heavy atom. The van der Waals surface area contributed by atoms with E-state index in [9.17, 15) is 0 Å². The molecule has 20 heavy (non-hydrogen) atoms. The number of likely N-dealkylation sites (N-methyl/N-ethyl adjacent to an activating group) is 1. The third-order valence-electron chi connectivity index (χ3n) is 3.74. The summed E-state index contributed by atoms with van der Waals surface area (Å²) in [5.41, 5.74) is 7.64. The van der Waals surface area contributed by atoms with Crippen LogP contribution < -0.4 is 5.73 Å². The van der Waals surface area contributed by atoms with Crippen LogP contribution in [0, 0.1) is 0 Å². The van der Waals surface area contributed by atoms with E-state index in [1.807, 2.05) is 18.2 Å². The number of furan rings is 1. The quantitative estimate of drug-likeness (QED) is 0.837. The van der Waals surface area contributed by atoms with Crippen molar-refractivity contribution in [2.24, 2.45) is 5.73 Å². The standard InChI is InChI=1S/C17H24N2O/c1-3-15(18)17(16-11-8-12-20-16)19(4-2)13-14-9-6-5-7-10-14/h5-12,15,17H,3-4,13,18H2,1-2H3. The largest absolute Gasteiger partial charge is 0.468 e. The molecule has 3 heteroatoms. The monoisotopic (exact) mass is 272 g/mol. The fourth-order valence-corrected chi connectivity index (χ4v) is 2.57. The number of benzene rings is 1. The molecule has 108 valence electrons. The maximum Gasteiger partial charge on any atom is 0.122 e. The molecular formula is C17H24N2O. The normalized spacial score (nSPS) is 14.4. The van der Waals surface area contributed by atoms with Gasteiger partial charge in [-0.2, -0.15) is 0 Å². The Bertz CT molecular complexity index is 481. The number of hydrogen-bond donors (Lipinski definition) is 1. The van der Waals surface area contributed by atoms with Crippen molar-refractivity contribution in [3.05, 3.63) is 60.1 Å². The van der Waals surface area contributed by atoms with Crippen molar-refractivity contribution in [1.82, 2.24) is 4.90 Å². The summed E-state index contributed by atoms with van der Waals surface area (Å²) in [6.07, 6.45) is 2.65. The molecule has 0 saturated heterocycles. The van der Waals surface area contributed by atoms with Gasteiger partial charge in [0.25, 0.3) is 0 Å². The highest BCUT2D eigenvalue weighted by atomic mass is 16.3. The van der Waals surface area contributed by atoms with Crippen LogP contribution in [0.15, 0.2) is 53.1 Å². The Morgan fingerprint density at radius 1 is 1.10 bits per heavy atom. The SMILES string of the molecule is CCC(N)C(c1ccco1)N(CC)Cc1ccccc1. The van der Waals surface area contributed by atoms with Gasteiger partial charge in [-0.15, -0.1) is 0 Å². The minimum atomic E-state index is 0.0739. The lowest BCUT2D eigenvalue weighted by molar-refractivity contribution is 0.147. The average Bonchev–Trinajstić information content (AvgIpc) is 3.01. The highest BCUT2D eigenvalue weighted by Gasteiger charge is 2.27. The molecule has 1 aromatic carbocycles. The first-order valence-corrected chi connectivity index (χ1v) is 7.33. The van der Waals surface area contributed by atoms with Gasteiger partial charge in [0.15, 0.2) is 0 Å². The van der Waals surface area contributed by atoms with E-state index < -0.39 is 0 Å².